The number of rotatable bonds is 9. The molecule has 0 aromatic heterocycles. The van der Waals surface area contributed by atoms with Crippen molar-refractivity contribution < 1.29 is 56.7 Å². The molecule has 9 heteroatoms. The van der Waals surface area contributed by atoms with Gasteiger partial charge in [0.25, 0.3) is 0 Å². The number of carbonyl (C=O) groups excluding carboxylic acids is 6. The van der Waals surface area contributed by atoms with Crippen LogP contribution in [-0.4, -0.2) is 55.5 Å². The van der Waals surface area contributed by atoms with E-state index in [0.29, 0.717) is 0 Å². The molecule has 0 heterocycles. The Bertz CT molecular complexity index is 818. The fourth-order valence-corrected chi connectivity index (χ4v) is 1.08. The average molecular weight is 415 g/mol. The van der Waals surface area contributed by atoms with Crippen LogP contribution in [0.4, 0.5) is 0 Å². The van der Waals surface area contributed by atoms with Crippen LogP contribution in [0.1, 0.15) is 80.3 Å². The number of methoxy groups -OCH3 is 1. The van der Waals surface area contributed by atoms with Gasteiger partial charge in [0.15, 0.2) is 0 Å². The molecule has 0 fully saturated rings. The number of carbonyl (C=O) groups is 6. The summed E-state index contributed by atoms with van der Waals surface area (Å²) in [5, 5.41) is 0. The van der Waals surface area contributed by atoms with Crippen LogP contribution in [-0.2, 0) is 43.0 Å². The van der Waals surface area contributed by atoms with Crippen LogP contribution in [0.5, 0.6) is 0 Å². The Morgan fingerprint density at radius 1 is 0.786 bits per heavy atom. The molecule has 0 bridgehead atoms. The van der Waals surface area contributed by atoms with Crippen LogP contribution in [0.15, 0.2) is 0 Å². The number of hydrogen-bond donors (Lipinski definition) is 0. The van der Waals surface area contributed by atoms with Gasteiger partial charge < -0.3 is 19.0 Å². The molecule has 9 nitrogen and oxygen atoms in total. The highest BCUT2D eigenvalue weighted by atomic mass is 16.6. The Morgan fingerprint density at radius 2 is 1.29 bits per heavy atom. The summed E-state index contributed by atoms with van der Waals surface area (Å²) in [4.78, 5) is 64.9. The van der Waals surface area contributed by atoms with Crippen molar-refractivity contribution in [3.05, 3.63) is 0 Å². The highest BCUT2D eigenvalue weighted by molar-refractivity contribution is 6.37. The average Bonchev–Trinajstić information content (AvgIpc) is 2.77. The van der Waals surface area contributed by atoms with E-state index in [-0.39, 0.29) is 26.1 Å². The predicted octanol–water partition coefficient (Wildman–Crippen LogP) is 1.98. The fourth-order valence-electron chi connectivity index (χ4n) is 1.08. The molecule has 0 amide bonds. The Labute approximate surface area is 180 Å². The van der Waals surface area contributed by atoms with Crippen LogP contribution >= 0.6 is 0 Å². The molecule has 28 heavy (non-hydrogen) atoms. The van der Waals surface area contributed by atoms with Gasteiger partial charge in [-0.1, -0.05) is 13.8 Å². The molecular weight excluding hydrogens is 372 g/mol. The summed E-state index contributed by atoms with van der Waals surface area (Å²) in [5.74, 6) is -7.28. The van der Waals surface area contributed by atoms with Crippen molar-refractivity contribution in [1.29, 1.82) is 0 Å². The number of ketones is 3. The first kappa shape index (κ1) is 14.4. The van der Waals surface area contributed by atoms with Gasteiger partial charge in [-0.25, -0.2) is 14.4 Å². The Kier molecular flexibility index (Phi) is 10.7. The molecule has 0 N–H and O–H groups in total. The van der Waals surface area contributed by atoms with Gasteiger partial charge in [-0.2, -0.15) is 0 Å². The summed E-state index contributed by atoms with van der Waals surface area (Å²) in [6.45, 7) is 3.65. The summed E-state index contributed by atoms with van der Waals surface area (Å²) in [6.07, 6.45) is -5.69. The summed E-state index contributed by atoms with van der Waals surface area (Å²) < 4.78 is 80.5. The number of esters is 3. The van der Waals surface area contributed by atoms with Gasteiger partial charge in [-0.05, 0) is 33.5 Å². The third-order valence-corrected chi connectivity index (χ3v) is 2.07. The fraction of sp³-hybridized carbons (Fsp3) is 0.684. The maximum Gasteiger partial charge on any atom is 0.417 e. The van der Waals surface area contributed by atoms with Crippen molar-refractivity contribution in [3.63, 3.8) is 0 Å². The first-order valence-electron chi connectivity index (χ1n) is 13.1. The minimum atomic E-state index is -3.06. The first-order chi connectivity index (χ1) is 16.9. The zero-order chi connectivity index (χ0) is 31.1. The molecule has 0 rings (SSSR count). The van der Waals surface area contributed by atoms with Crippen LogP contribution in [0.3, 0.4) is 0 Å². The zero-order valence-corrected chi connectivity index (χ0v) is 16.2. The molecule has 0 saturated heterocycles. The van der Waals surface area contributed by atoms with Crippen LogP contribution < -0.4 is 0 Å². The van der Waals surface area contributed by atoms with Gasteiger partial charge in [0.1, 0.15) is 11.6 Å². The summed E-state index contributed by atoms with van der Waals surface area (Å²) in [5.41, 5.74) is 0. The van der Waals surface area contributed by atoms with Crippen molar-refractivity contribution in [2.45, 2.75) is 66.6 Å². The van der Waals surface area contributed by atoms with Gasteiger partial charge in [0.2, 0.25) is 5.78 Å². The van der Waals surface area contributed by atoms with Crippen molar-refractivity contribution >= 4 is 35.3 Å². The maximum atomic E-state index is 11.2. The third kappa shape index (κ3) is 21.5. The molecular formula is C19H32O9. The Balaban J connectivity index is -0.000000509. The van der Waals surface area contributed by atoms with Gasteiger partial charge in [-0.15, -0.1) is 0 Å². The zero-order valence-electron chi connectivity index (χ0n) is 26.2. The lowest BCUT2D eigenvalue weighted by Crippen LogP contribution is -2.19. The van der Waals surface area contributed by atoms with Crippen molar-refractivity contribution in [3.8, 4) is 0 Å². The summed E-state index contributed by atoms with van der Waals surface area (Å²) >= 11 is 0. The second-order valence-electron chi connectivity index (χ2n) is 4.24. The smallest absolute Gasteiger partial charge is 0.417 e. The second-order valence-corrected chi connectivity index (χ2v) is 4.24. The minimum Gasteiger partial charge on any atom is -0.463 e. The van der Waals surface area contributed by atoms with Crippen LogP contribution in [0.25, 0.3) is 0 Å². The van der Waals surface area contributed by atoms with Gasteiger partial charge in [0, 0.05) is 22.3 Å². The summed E-state index contributed by atoms with van der Waals surface area (Å²) in [7, 11) is -3.06. The molecule has 0 atom stereocenters. The largest absolute Gasteiger partial charge is 0.463 e. The molecule has 0 aromatic rings. The first-order valence-corrected chi connectivity index (χ1v) is 8.11. The van der Waals surface area contributed by atoms with E-state index in [2.05, 4.69) is 14.2 Å². The van der Waals surface area contributed by atoms with Gasteiger partial charge >= 0.3 is 17.9 Å². The van der Waals surface area contributed by atoms with E-state index >= 15 is 0 Å². The van der Waals surface area contributed by atoms with E-state index in [1.807, 2.05) is 0 Å². The summed E-state index contributed by atoms with van der Waals surface area (Å²) in [6, 6.07) is 0. The third-order valence-electron chi connectivity index (χ3n) is 2.07. The molecule has 0 aliphatic rings. The van der Waals surface area contributed by atoms with E-state index in [9.17, 15) is 28.8 Å². The molecule has 0 radical (unpaired) electrons. The van der Waals surface area contributed by atoms with Crippen LogP contribution in [0.2, 0.25) is 0 Å². The van der Waals surface area contributed by atoms with Crippen LogP contribution in [0, 0.1) is 0 Å². The Morgan fingerprint density at radius 3 is 1.61 bits per heavy atom. The molecule has 0 spiro atoms. The molecule has 162 valence electrons. The SMILES string of the molecule is CCOC(=O)C(=O)OCC.[2H]C([2H])([2H])C(=O)C([2H])([2H])CC.[2H]C([2H])([2H])OC(=O)C(=O)CC(=O)C([2H])([2H])CC. The number of Topliss-reactive ketones (excluding diaryl/α,β-unsaturated/α-hetero) is 3. The predicted molar refractivity (Wildman–Crippen MR) is 100 cm³/mol. The second kappa shape index (κ2) is 20.7. The van der Waals surface area contributed by atoms with Gasteiger partial charge in [-0.3, -0.25) is 9.59 Å². The van der Waals surface area contributed by atoms with E-state index < -0.39 is 68.3 Å². The van der Waals surface area contributed by atoms with E-state index in [0.717, 1.165) is 0 Å². The standard InChI is InChI=1S/C8H12O4.C6H10O4.C5H10O/c1-3-4-6(9)5-7(10)8(11)12-2;1-3-9-5(7)6(8)10-4-2;1-3-4-5(2)6/h3-5H2,1-2H3;3-4H2,1-2H3;3-4H2,1-2H3/i2D3,4D2;;2D3,4D2. The quantitative estimate of drug-likeness (QED) is 0.240. The molecule has 0 aromatic carbocycles. The highest BCUT2D eigenvalue weighted by Crippen LogP contribution is 1.96. The lowest BCUT2D eigenvalue weighted by atomic mass is 10.1. The molecule has 0 saturated carbocycles. The number of ether oxygens (including phenoxy) is 3. The normalized spacial score (nSPS) is 16.0. The molecule has 0 aliphatic heterocycles. The monoisotopic (exact) mass is 414 g/mol. The van der Waals surface area contributed by atoms with E-state index in [1.54, 1.807) is 13.8 Å². The van der Waals surface area contributed by atoms with Gasteiger partial charge in [0.05, 0.1) is 30.8 Å². The number of hydrogen-bond acceptors (Lipinski definition) is 9. The molecule has 0 unspecified atom stereocenters. The van der Waals surface area contributed by atoms with Crippen molar-refractivity contribution in [1.82, 2.24) is 0 Å². The van der Waals surface area contributed by atoms with Crippen molar-refractivity contribution in [2.24, 2.45) is 0 Å². The van der Waals surface area contributed by atoms with E-state index in [1.165, 1.54) is 13.8 Å². The lowest BCUT2D eigenvalue weighted by molar-refractivity contribution is -0.167. The topological polar surface area (TPSA) is 130 Å². The maximum absolute atomic E-state index is 11.2. The van der Waals surface area contributed by atoms with Crippen molar-refractivity contribution in [2.75, 3.05) is 20.3 Å². The van der Waals surface area contributed by atoms with E-state index in [4.69, 9.17) is 13.7 Å². The minimum absolute atomic E-state index is 0.107. The highest BCUT2D eigenvalue weighted by Gasteiger charge is 2.17. The molecule has 0 aliphatic carbocycles. The lowest BCUT2D eigenvalue weighted by Gasteiger charge is -1.99. The Hall–Kier alpha value is -2.58.